The van der Waals surface area contributed by atoms with E-state index in [0.29, 0.717) is 11.4 Å². The van der Waals surface area contributed by atoms with Crippen LogP contribution in [0.1, 0.15) is 95.2 Å². The number of ether oxygens (including phenoxy) is 2. The van der Waals surface area contributed by atoms with Crippen LogP contribution >= 0.6 is 0 Å². The van der Waals surface area contributed by atoms with Gasteiger partial charge in [-0.05, 0) is 95.5 Å². The molecule has 0 unspecified atom stereocenters. The van der Waals surface area contributed by atoms with Gasteiger partial charge in [0.25, 0.3) is 11.8 Å². The number of benzene rings is 3. The summed E-state index contributed by atoms with van der Waals surface area (Å²) < 4.78 is 10.6. The minimum atomic E-state index is -1.41. The summed E-state index contributed by atoms with van der Waals surface area (Å²) in [7, 11) is 0. The standard InChI is InChI=1S/C35H40N2O7/c1-8-10-18-43-33(41)27-12-11-13-29(22-27)44-34(42)32(40)36(30(38)26-16-14-25(9-2)15-17-26)37(35(5,6)7)31(39)28-20-23(3)19-24(4)21-28/h11-17,19-22H,8-10,18H2,1-7H3. The average Bonchev–Trinajstić information content (AvgIpc) is 2.98. The zero-order chi connectivity index (χ0) is 32.6. The Kier molecular flexibility index (Phi) is 11.2. The van der Waals surface area contributed by atoms with Gasteiger partial charge in [0.05, 0.1) is 17.7 Å². The third-order valence-electron chi connectivity index (χ3n) is 6.68. The highest BCUT2D eigenvalue weighted by Crippen LogP contribution is 2.25. The largest absolute Gasteiger partial charge is 0.462 e. The first-order valence-electron chi connectivity index (χ1n) is 14.7. The van der Waals surface area contributed by atoms with E-state index in [1.165, 1.54) is 24.3 Å². The highest BCUT2D eigenvalue weighted by molar-refractivity contribution is 6.37. The molecule has 44 heavy (non-hydrogen) atoms. The van der Waals surface area contributed by atoms with E-state index in [4.69, 9.17) is 9.47 Å². The molecule has 3 aromatic rings. The van der Waals surface area contributed by atoms with Crippen molar-refractivity contribution in [1.29, 1.82) is 0 Å². The zero-order valence-corrected chi connectivity index (χ0v) is 26.4. The van der Waals surface area contributed by atoms with Crippen molar-refractivity contribution in [3.8, 4) is 5.75 Å². The van der Waals surface area contributed by atoms with Crippen LogP contribution < -0.4 is 4.74 Å². The summed E-state index contributed by atoms with van der Waals surface area (Å²) >= 11 is 0. The molecule has 3 amide bonds. The van der Waals surface area contributed by atoms with E-state index < -0.39 is 35.2 Å². The number of carbonyl (C=O) groups is 5. The molecule has 0 N–H and O–H groups in total. The third-order valence-corrected chi connectivity index (χ3v) is 6.68. The summed E-state index contributed by atoms with van der Waals surface area (Å²) in [5, 5.41) is 1.54. The molecule has 3 rings (SSSR count). The lowest BCUT2D eigenvalue weighted by atomic mass is 10.0. The topological polar surface area (TPSA) is 110 Å². The van der Waals surface area contributed by atoms with Crippen molar-refractivity contribution in [2.45, 2.75) is 73.3 Å². The molecule has 232 valence electrons. The molecule has 0 radical (unpaired) electrons. The molecule has 9 heteroatoms. The number of unbranched alkanes of at least 4 members (excludes halogenated alkanes) is 1. The van der Waals surface area contributed by atoms with Crippen LogP contribution in [-0.4, -0.2) is 51.8 Å². The van der Waals surface area contributed by atoms with E-state index in [2.05, 4.69) is 0 Å². The van der Waals surface area contributed by atoms with E-state index in [1.54, 1.807) is 57.2 Å². The monoisotopic (exact) mass is 600 g/mol. The Morgan fingerprint density at radius 1 is 0.750 bits per heavy atom. The molecule has 0 bridgehead atoms. The quantitative estimate of drug-likeness (QED) is 0.0988. The Bertz CT molecular complexity index is 1520. The molecule has 0 atom stereocenters. The molecular formula is C35H40N2O7. The molecule has 0 saturated heterocycles. The van der Waals surface area contributed by atoms with Gasteiger partial charge in [0, 0.05) is 11.1 Å². The second-order valence-electron chi connectivity index (χ2n) is 11.5. The van der Waals surface area contributed by atoms with E-state index in [1.807, 2.05) is 33.8 Å². The molecule has 0 aliphatic heterocycles. The summed E-state index contributed by atoms with van der Waals surface area (Å²) in [6, 6.07) is 17.4. The summed E-state index contributed by atoms with van der Waals surface area (Å²) in [6.07, 6.45) is 2.28. The molecule has 0 fully saturated rings. The number of amides is 3. The van der Waals surface area contributed by atoms with Crippen LogP contribution in [0.15, 0.2) is 66.7 Å². The number of rotatable bonds is 8. The lowest BCUT2D eigenvalue weighted by Crippen LogP contribution is -2.62. The van der Waals surface area contributed by atoms with Crippen molar-refractivity contribution in [3.05, 3.63) is 100 Å². The van der Waals surface area contributed by atoms with Gasteiger partial charge in [-0.2, -0.15) is 5.01 Å². The average molecular weight is 601 g/mol. The van der Waals surface area contributed by atoms with Crippen LogP contribution in [0.5, 0.6) is 5.75 Å². The summed E-state index contributed by atoms with van der Waals surface area (Å²) in [4.78, 5) is 67.7. The van der Waals surface area contributed by atoms with Crippen molar-refractivity contribution in [2.24, 2.45) is 0 Å². The van der Waals surface area contributed by atoms with E-state index in [9.17, 15) is 24.0 Å². The predicted molar refractivity (Wildman–Crippen MR) is 166 cm³/mol. The number of hydrazine groups is 1. The molecule has 9 nitrogen and oxygen atoms in total. The van der Waals surface area contributed by atoms with Crippen LogP contribution in [0, 0.1) is 13.8 Å². The van der Waals surface area contributed by atoms with Crippen LogP contribution in [-0.2, 0) is 20.7 Å². The van der Waals surface area contributed by atoms with Crippen molar-refractivity contribution < 1.29 is 33.4 Å². The van der Waals surface area contributed by atoms with Gasteiger partial charge >= 0.3 is 17.8 Å². The summed E-state index contributed by atoms with van der Waals surface area (Å²) in [5.74, 6) is -5.03. The third kappa shape index (κ3) is 8.40. The molecule has 0 heterocycles. The minimum absolute atomic E-state index is 0.0997. The van der Waals surface area contributed by atoms with Crippen LogP contribution in [0.25, 0.3) is 0 Å². The molecule has 3 aromatic carbocycles. The van der Waals surface area contributed by atoms with Gasteiger partial charge in [-0.3, -0.25) is 14.4 Å². The molecule has 0 spiro atoms. The van der Waals surface area contributed by atoms with Gasteiger partial charge in [0.15, 0.2) is 0 Å². The Hall–Kier alpha value is -4.79. The molecule has 0 aliphatic carbocycles. The van der Waals surface area contributed by atoms with Gasteiger partial charge < -0.3 is 9.47 Å². The Morgan fingerprint density at radius 3 is 1.95 bits per heavy atom. The predicted octanol–water partition coefficient (Wildman–Crippen LogP) is 6.25. The van der Waals surface area contributed by atoms with E-state index >= 15 is 0 Å². The number of carbonyl (C=O) groups excluding carboxylic acids is 5. The molecule has 0 aliphatic rings. The second-order valence-corrected chi connectivity index (χ2v) is 11.5. The van der Waals surface area contributed by atoms with E-state index in [-0.39, 0.29) is 29.0 Å². The van der Waals surface area contributed by atoms with Crippen LogP contribution in [0.2, 0.25) is 0 Å². The molecular weight excluding hydrogens is 560 g/mol. The van der Waals surface area contributed by atoms with Crippen molar-refractivity contribution >= 4 is 29.7 Å². The minimum Gasteiger partial charge on any atom is -0.462 e. The normalized spacial score (nSPS) is 11.0. The fourth-order valence-corrected chi connectivity index (χ4v) is 4.51. The van der Waals surface area contributed by atoms with E-state index in [0.717, 1.165) is 34.5 Å². The van der Waals surface area contributed by atoms with Crippen molar-refractivity contribution in [1.82, 2.24) is 10.0 Å². The SMILES string of the molecule is CCCCOC(=O)c1cccc(OC(=O)C(=O)N(C(=O)c2ccc(CC)cc2)N(C(=O)c2cc(C)cc(C)c2)C(C)(C)C)c1. The first kappa shape index (κ1) is 33.7. The van der Waals surface area contributed by atoms with Crippen LogP contribution in [0.3, 0.4) is 0 Å². The zero-order valence-electron chi connectivity index (χ0n) is 26.4. The number of nitrogens with zero attached hydrogens (tertiary/aromatic N) is 2. The van der Waals surface area contributed by atoms with Gasteiger partial charge in [-0.25, -0.2) is 14.6 Å². The first-order valence-corrected chi connectivity index (χ1v) is 14.7. The van der Waals surface area contributed by atoms with Crippen molar-refractivity contribution in [3.63, 3.8) is 0 Å². The second kappa shape index (κ2) is 14.6. The first-order chi connectivity index (χ1) is 20.8. The Labute approximate surface area is 258 Å². The lowest BCUT2D eigenvalue weighted by molar-refractivity contribution is -0.161. The summed E-state index contributed by atoms with van der Waals surface area (Å²) in [6.45, 7) is 12.8. The number of imide groups is 1. The highest BCUT2D eigenvalue weighted by Gasteiger charge is 2.43. The fourth-order valence-electron chi connectivity index (χ4n) is 4.51. The number of esters is 2. The highest BCUT2D eigenvalue weighted by atomic mass is 16.5. The van der Waals surface area contributed by atoms with Crippen molar-refractivity contribution in [2.75, 3.05) is 6.61 Å². The van der Waals surface area contributed by atoms with Crippen LogP contribution in [0.4, 0.5) is 0 Å². The fraction of sp³-hybridized carbons (Fsp3) is 0.343. The lowest BCUT2D eigenvalue weighted by Gasteiger charge is -2.41. The molecule has 0 aromatic heterocycles. The van der Waals surface area contributed by atoms with Gasteiger partial charge in [-0.1, -0.05) is 55.7 Å². The summed E-state index contributed by atoms with van der Waals surface area (Å²) in [5.41, 5.74) is 1.93. The number of hydrogen-bond acceptors (Lipinski definition) is 7. The maximum absolute atomic E-state index is 14.1. The maximum atomic E-state index is 14.1. The van der Waals surface area contributed by atoms with Gasteiger partial charge in [0.1, 0.15) is 5.75 Å². The number of hydrogen-bond donors (Lipinski definition) is 0. The Balaban J connectivity index is 2.04. The van der Waals surface area contributed by atoms with Gasteiger partial charge in [-0.15, -0.1) is 0 Å². The smallest absolute Gasteiger partial charge is 0.404 e. The Morgan fingerprint density at radius 2 is 1.39 bits per heavy atom. The van der Waals surface area contributed by atoms with Gasteiger partial charge in [0.2, 0.25) is 0 Å². The number of aryl methyl sites for hydroxylation is 3. The maximum Gasteiger partial charge on any atom is 0.404 e. The molecule has 0 saturated carbocycles.